The molecule has 168 valence electrons. The number of fused-ring (bicyclic) bond motifs is 1. The molecule has 0 heterocycles. The maximum Gasteiger partial charge on any atom is 0.260 e. The minimum absolute atomic E-state index is 0.383. The molecule has 7 nitrogen and oxygen atoms in total. The van der Waals surface area contributed by atoms with E-state index >= 15 is 0 Å². The lowest BCUT2D eigenvalue weighted by Crippen LogP contribution is -2.39. The van der Waals surface area contributed by atoms with Crippen molar-refractivity contribution < 1.29 is 17.9 Å². The Labute approximate surface area is 188 Å². The topological polar surface area (TPSA) is 88.1 Å². The number of nitrogens with one attached hydrogen (secondary N) is 1. The van der Waals surface area contributed by atoms with Crippen LogP contribution in [0.3, 0.4) is 0 Å². The normalized spacial score (nSPS) is 11.8. The van der Waals surface area contributed by atoms with Gasteiger partial charge in [0.05, 0.1) is 24.8 Å². The van der Waals surface area contributed by atoms with Gasteiger partial charge in [0.2, 0.25) is 10.0 Å². The van der Waals surface area contributed by atoms with Gasteiger partial charge >= 0.3 is 0 Å². The van der Waals surface area contributed by atoms with Crippen molar-refractivity contribution in [2.75, 3.05) is 23.7 Å². The number of sulfonamides is 1. The number of benzene rings is 3. The molecule has 3 aromatic rings. The SMILES string of the molecule is CC(C)COc1ccc(/C=N\NC(=O)CN(c2cccc3ccccc23)S(C)(=O)=O)cc1. The standard InChI is InChI=1S/C24H27N3O4S/c1-18(2)17-31-21-13-11-19(12-14-21)15-25-26-24(28)16-27(32(3,29)30)23-10-6-8-20-7-4-5-9-22(20)23/h4-15,18H,16-17H2,1-3H3,(H,26,28)/b25-15-. The zero-order valence-electron chi connectivity index (χ0n) is 18.4. The number of ether oxygens (including phenoxy) is 1. The molecule has 0 aliphatic carbocycles. The lowest BCUT2D eigenvalue weighted by atomic mass is 10.1. The van der Waals surface area contributed by atoms with E-state index in [1.807, 2.05) is 54.6 Å². The molecule has 3 aromatic carbocycles. The number of hydrazone groups is 1. The first-order valence-corrected chi connectivity index (χ1v) is 12.1. The van der Waals surface area contributed by atoms with Gasteiger partial charge in [0.25, 0.3) is 5.91 Å². The maximum atomic E-state index is 12.5. The number of nitrogens with zero attached hydrogens (tertiary/aromatic N) is 2. The largest absolute Gasteiger partial charge is 0.493 e. The number of anilines is 1. The third-order valence-electron chi connectivity index (χ3n) is 4.59. The third kappa shape index (κ3) is 6.31. The van der Waals surface area contributed by atoms with E-state index in [-0.39, 0.29) is 6.54 Å². The van der Waals surface area contributed by atoms with E-state index in [1.54, 1.807) is 12.1 Å². The van der Waals surface area contributed by atoms with E-state index in [2.05, 4.69) is 24.4 Å². The van der Waals surface area contributed by atoms with Crippen molar-refractivity contribution in [1.82, 2.24) is 5.43 Å². The van der Waals surface area contributed by atoms with Gasteiger partial charge in [-0.1, -0.05) is 50.2 Å². The van der Waals surface area contributed by atoms with Crippen LogP contribution in [0.15, 0.2) is 71.8 Å². The highest BCUT2D eigenvalue weighted by Gasteiger charge is 2.22. The molecular weight excluding hydrogens is 426 g/mol. The van der Waals surface area contributed by atoms with Crippen LogP contribution >= 0.6 is 0 Å². The summed E-state index contributed by atoms with van der Waals surface area (Å²) < 4.78 is 31.6. The van der Waals surface area contributed by atoms with Crippen LogP contribution in [-0.4, -0.2) is 39.9 Å². The van der Waals surface area contributed by atoms with Crippen molar-refractivity contribution in [3.63, 3.8) is 0 Å². The smallest absolute Gasteiger partial charge is 0.260 e. The number of carbonyl (C=O) groups excluding carboxylic acids is 1. The van der Waals surface area contributed by atoms with Crippen LogP contribution in [0.25, 0.3) is 10.8 Å². The van der Waals surface area contributed by atoms with Gasteiger partial charge < -0.3 is 4.74 Å². The number of hydrogen-bond acceptors (Lipinski definition) is 5. The van der Waals surface area contributed by atoms with Gasteiger partial charge in [0, 0.05) is 5.39 Å². The van der Waals surface area contributed by atoms with Crippen molar-refractivity contribution in [3.8, 4) is 5.75 Å². The first-order valence-electron chi connectivity index (χ1n) is 10.2. The Hall–Kier alpha value is -3.39. The molecule has 0 radical (unpaired) electrons. The van der Waals surface area contributed by atoms with E-state index < -0.39 is 15.9 Å². The fraction of sp³-hybridized carbons (Fsp3) is 0.250. The summed E-state index contributed by atoms with van der Waals surface area (Å²) in [5.74, 6) is 0.655. The van der Waals surface area contributed by atoms with Crippen LogP contribution in [0, 0.1) is 5.92 Å². The Morgan fingerprint density at radius 3 is 2.44 bits per heavy atom. The van der Waals surface area contributed by atoms with Gasteiger partial charge in [-0.15, -0.1) is 0 Å². The summed E-state index contributed by atoms with van der Waals surface area (Å²) in [5.41, 5.74) is 3.62. The summed E-state index contributed by atoms with van der Waals surface area (Å²) in [6.07, 6.45) is 2.57. The van der Waals surface area contributed by atoms with E-state index in [4.69, 9.17) is 4.74 Å². The first kappa shape index (κ1) is 23.3. The van der Waals surface area contributed by atoms with Crippen molar-refractivity contribution in [1.29, 1.82) is 0 Å². The van der Waals surface area contributed by atoms with Gasteiger partial charge in [0.1, 0.15) is 12.3 Å². The van der Waals surface area contributed by atoms with Gasteiger partial charge in [-0.2, -0.15) is 5.10 Å². The van der Waals surface area contributed by atoms with E-state index in [9.17, 15) is 13.2 Å². The second-order valence-corrected chi connectivity index (χ2v) is 9.74. The fourth-order valence-electron chi connectivity index (χ4n) is 3.06. The quantitative estimate of drug-likeness (QED) is 0.394. The Morgan fingerprint density at radius 2 is 1.75 bits per heavy atom. The third-order valence-corrected chi connectivity index (χ3v) is 5.72. The van der Waals surface area contributed by atoms with Gasteiger partial charge in [-0.25, -0.2) is 13.8 Å². The van der Waals surface area contributed by atoms with Crippen molar-refractivity contribution >= 4 is 38.6 Å². The number of carbonyl (C=O) groups is 1. The minimum atomic E-state index is -3.69. The van der Waals surface area contributed by atoms with Gasteiger partial charge in [-0.05, 0) is 47.2 Å². The predicted molar refractivity (Wildman–Crippen MR) is 129 cm³/mol. The lowest BCUT2D eigenvalue weighted by Gasteiger charge is -2.23. The molecular formula is C24H27N3O4S. The number of hydrogen-bond donors (Lipinski definition) is 1. The second kappa shape index (κ2) is 10.3. The molecule has 0 aliphatic heterocycles. The van der Waals surface area contributed by atoms with Gasteiger partial charge in [0.15, 0.2) is 0 Å². The maximum absolute atomic E-state index is 12.5. The highest BCUT2D eigenvalue weighted by molar-refractivity contribution is 7.92. The molecule has 1 amide bonds. The first-order chi connectivity index (χ1) is 15.2. The lowest BCUT2D eigenvalue weighted by molar-refractivity contribution is -0.119. The summed E-state index contributed by atoms with van der Waals surface area (Å²) in [4.78, 5) is 12.5. The summed E-state index contributed by atoms with van der Waals surface area (Å²) in [7, 11) is -3.69. The molecule has 0 aliphatic rings. The molecule has 0 saturated heterocycles. The Kier molecular flexibility index (Phi) is 7.48. The molecule has 0 unspecified atom stereocenters. The van der Waals surface area contributed by atoms with Crippen molar-refractivity contribution in [3.05, 3.63) is 72.3 Å². The van der Waals surface area contributed by atoms with E-state index in [1.165, 1.54) is 6.21 Å². The fourth-order valence-corrected chi connectivity index (χ4v) is 3.93. The van der Waals surface area contributed by atoms with Crippen LogP contribution in [0.4, 0.5) is 5.69 Å². The Bertz CT molecular complexity index is 1200. The summed E-state index contributed by atoms with van der Waals surface area (Å²) in [6.45, 7) is 4.41. The van der Waals surface area contributed by atoms with Gasteiger partial charge in [-0.3, -0.25) is 9.10 Å². The predicted octanol–water partition coefficient (Wildman–Crippen LogP) is 3.79. The van der Waals surface area contributed by atoms with Crippen LogP contribution < -0.4 is 14.5 Å². The minimum Gasteiger partial charge on any atom is -0.493 e. The molecule has 8 heteroatoms. The molecule has 32 heavy (non-hydrogen) atoms. The summed E-state index contributed by atoms with van der Waals surface area (Å²) in [5, 5.41) is 5.58. The second-order valence-electron chi connectivity index (χ2n) is 7.83. The highest BCUT2D eigenvalue weighted by Crippen LogP contribution is 2.28. The molecule has 0 aromatic heterocycles. The molecule has 0 bridgehead atoms. The average Bonchev–Trinajstić information content (AvgIpc) is 2.76. The monoisotopic (exact) mass is 453 g/mol. The van der Waals surface area contributed by atoms with Crippen molar-refractivity contribution in [2.24, 2.45) is 11.0 Å². The molecule has 1 N–H and O–H groups in total. The van der Waals surface area contributed by atoms with Crippen LogP contribution in [0.5, 0.6) is 5.75 Å². The molecule has 0 saturated carbocycles. The molecule has 3 rings (SSSR count). The number of rotatable bonds is 9. The molecule has 0 fully saturated rings. The highest BCUT2D eigenvalue weighted by atomic mass is 32.2. The van der Waals surface area contributed by atoms with Crippen LogP contribution in [0.1, 0.15) is 19.4 Å². The number of amides is 1. The van der Waals surface area contributed by atoms with E-state index in [0.29, 0.717) is 18.2 Å². The summed E-state index contributed by atoms with van der Waals surface area (Å²) >= 11 is 0. The molecule has 0 spiro atoms. The molecule has 0 atom stereocenters. The zero-order chi connectivity index (χ0) is 23.1. The zero-order valence-corrected chi connectivity index (χ0v) is 19.2. The van der Waals surface area contributed by atoms with Crippen molar-refractivity contribution in [2.45, 2.75) is 13.8 Å². The van der Waals surface area contributed by atoms with Crippen LogP contribution in [-0.2, 0) is 14.8 Å². The average molecular weight is 454 g/mol. The summed E-state index contributed by atoms with van der Waals surface area (Å²) in [6, 6.07) is 20.1. The Balaban J connectivity index is 1.67. The van der Waals surface area contributed by atoms with E-state index in [0.717, 1.165) is 32.6 Å². The van der Waals surface area contributed by atoms with Crippen LogP contribution in [0.2, 0.25) is 0 Å². The Morgan fingerprint density at radius 1 is 1.06 bits per heavy atom.